The Morgan fingerprint density at radius 2 is 2.17 bits per heavy atom. The Morgan fingerprint density at radius 3 is 2.93 bits per heavy atom. The maximum Gasteiger partial charge on any atom is 0.235 e. The molecular formula is C22H23N3O4. The zero-order chi connectivity index (χ0) is 20.0. The van der Waals surface area contributed by atoms with Crippen LogP contribution in [-0.4, -0.2) is 41.8 Å². The molecule has 2 saturated heterocycles. The van der Waals surface area contributed by atoms with Gasteiger partial charge in [0, 0.05) is 12.6 Å². The van der Waals surface area contributed by atoms with Crippen molar-refractivity contribution in [2.45, 2.75) is 31.5 Å². The quantitative estimate of drug-likeness (QED) is 0.600. The van der Waals surface area contributed by atoms with E-state index in [-0.39, 0.29) is 17.9 Å². The minimum absolute atomic E-state index is 0.120. The fourth-order valence-electron chi connectivity index (χ4n) is 4.74. The van der Waals surface area contributed by atoms with Crippen LogP contribution in [0.2, 0.25) is 0 Å². The number of carbonyl (C=O) groups excluding carboxylic acids is 2. The molecule has 4 heterocycles. The number of rotatable bonds is 6. The van der Waals surface area contributed by atoms with Crippen molar-refractivity contribution in [1.29, 1.82) is 0 Å². The summed E-state index contributed by atoms with van der Waals surface area (Å²) in [7, 11) is 0. The second kappa shape index (κ2) is 6.84. The average Bonchev–Trinajstić information content (AvgIpc) is 3.47. The molecule has 3 aliphatic rings. The van der Waals surface area contributed by atoms with E-state index >= 15 is 0 Å². The van der Waals surface area contributed by atoms with Crippen LogP contribution < -0.4 is 10.2 Å². The van der Waals surface area contributed by atoms with E-state index in [2.05, 4.69) is 22.6 Å². The van der Waals surface area contributed by atoms with Gasteiger partial charge in [-0.05, 0) is 25.3 Å². The topological polar surface area (TPSA) is 84.7 Å². The number of anilines is 1. The first-order valence-corrected chi connectivity index (χ1v) is 10.0. The molecule has 2 fully saturated rings. The lowest BCUT2D eigenvalue weighted by Crippen LogP contribution is -2.44. The zero-order valence-electron chi connectivity index (χ0n) is 16.2. The summed E-state index contributed by atoms with van der Waals surface area (Å²) in [6.45, 7) is 2.71. The number of carbonyl (C=O) groups is 2. The minimum Gasteiger partial charge on any atom is -0.360 e. The molecule has 2 aromatic rings. The second-order valence-electron chi connectivity index (χ2n) is 8.00. The SMILES string of the molecule is Cc1cc(N2C[C@]34C=C[C@@H](O3)[C@@H](C(=O)NCCCc3ccccc3)[C@@H]4C2=O)no1. The van der Waals surface area contributed by atoms with E-state index in [0.29, 0.717) is 24.7 Å². The smallest absolute Gasteiger partial charge is 0.235 e. The Labute approximate surface area is 168 Å². The number of aromatic nitrogens is 1. The summed E-state index contributed by atoms with van der Waals surface area (Å²) in [6.07, 6.45) is 5.25. The molecule has 0 aliphatic carbocycles. The number of hydrogen-bond acceptors (Lipinski definition) is 5. The third-order valence-corrected chi connectivity index (χ3v) is 6.08. The molecule has 1 aromatic carbocycles. The van der Waals surface area contributed by atoms with E-state index in [1.807, 2.05) is 30.4 Å². The van der Waals surface area contributed by atoms with Gasteiger partial charge in [0.05, 0.1) is 24.5 Å². The van der Waals surface area contributed by atoms with Crippen LogP contribution in [0.25, 0.3) is 0 Å². The van der Waals surface area contributed by atoms with Crippen molar-refractivity contribution in [3.63, 3.8) is 0 Å². The lowest BCUT2D eigenvalue weighted by atomic mass is 9.77. The number of nitrogens with one attached hydrogen (secondary N) is 1. The monoisotopic (exact) mass is 393 g/mol. The first-order valence-electron chi connectivity index (χ1n) is 10.0. The average molecular weight is 393 g/mol. The van der Waals surface area contributed by atoms with Gasteiger partial charge in [0.1, 0.15) is 11.4 Å². The van der Waals surface area contributed by atoms with Gasteiger partial charge in [-0.2, -0.15) is 0 Å². The number of amides is 2. The van der Waals surface area contributed by atoms with E-state index in [1.54, 1.807) is 17.9 Å². The van der Waals surface area contributed by atoms with Gasteiger partial charge in [-0.25, -0.2) is 0 Å². The van der Waals surface area contributed by atoms with Crippen molar-refractivity contribution in [3.05, 3.63) is 59.9 Å². The maximum absolute atomic E-state index is 13.2. The lowest BCUT2D eigenvalue weighted by molar-refractivity contribution is -0.131. The van der Waals surface area contributed by atoms with Crippen molar-refractivity contribution in [3.8, 4) is 0 Å². The highest BCUT2D eigenvalue weighted by atomic mass is 16.5. The van der Waals surface area contributed by atoms with Crippen LogP contribution in [0, 0.1) is 18.8 Å². The van der Waals surface area contributed by atoms with E-state index in [0.717, 1.165) is 12.8 Å². The van der Waals surface area contributed by atoms with Gasteiger partial charge >= 0.3 is 0 Å². The number of hydrogen-bond donors (Lipinski definition) is 1. The fourth-order valence-corrected chi connectivity index (χ4v) is 4.74. The van der Waals surface area contributed by atoms with E-state index in [1.165, 1.54) is 5.56 Å². The number of benzene rings is 1. The summed E-state index contributed by atoms with van der Waals surface area (Å²) in [6, 6.07) is 11.9. The van der Waals surface area contributed by atoms with Crippen molar-refractivity contribution >= 4 is 17.6 Å². The second-order valence-corrected chi connectivity index (χ2v) is 8.00. The largest absolute Gasteiger partial charge is 0.360 e. The molecule has 2 bridgehead atoms. The first-order chi connectivity index (χ1) is 14.1. The Bertz CT molecular complexity index is 969. The zero-order valence-corrected chi connectivity index (χ0v) is 16.2. The normalized spacial score (nSPS) is 29.5. The van der Waals surface area contributed by atoms with Crippen molar-refractivity contribution in [2.24, 2.45) is 11.8 Å². The highest BCUT2D eigenvalue weighted by molar-refractivity contribution is 6.02. The lowest BCUT2D eigenvalue weighted by Gasteiger charge is -2.23. The molecule has 29 heavy (non-hydrogen) atoms. The Hall–Kier alpha value is -2.93. The molecule has 4 atom stereocenters. The predicted molar refractivity (Wildman–Crippen MR) is 105 cm³/mol. The molecule has 1 spiro atoms. The summed E-state index contributed by atoms with van der Waals surface area (Å²) < 4.78 is 11.2. The van der Waals surface area contributed by atoms with Gasteiger partial charge in [-0.1, -0.05) is 47.6 Å². The molecule has 0 radical (unpaired) electrons. The molecule has 7 nitrogen and oxygen atoms in total. The van der Waals surface area contributed by atoms with Gasteiger partial charge in [0.25, 0.3) is 0 Å². The number of aryl methyl sites for hydroxylation is 2. The molecule has 5 rings (SSSR count). The van der Waals surface area contributed by atoms with Crippen LogP contribution in [0.5, 0.6) is 0 Å². The molecule has 1 N–H and O–H groups in total. The molecule has 7 heteroatoms. The Balaban J connectivity index is 1.26. The summed E-state index contributed by atoms with van der Waals surface area (Å²) in [5.74, 6) is -0.180. The maximum atomic E-state index is 13.2. The number of nitrogens with zero attached hydrogens (tertiary/aromatic N) is 2. The standard InChI is InChI=1S/C22H23N3O4/c1-14-12-17(24-29-14)25-13-22-10-9-16(28-22)18(19(22)21(25)27)20(26)23-11-5-8-15-6-3-2-4-7-15/h2-4,6-7,9-10,12,16,18-19H,5,8,11,13H2,1H3,(H,23,26)/t16-,18-,19-,22+/m1/s1. The van der Waals surface area contributed by atoms with Crippen molar-refractivity contribution in [2.75, 3.05) is 18.0 Å². The van der Waals surface area contributed by atoms with Crippen LogP contribution in [0.1, 0.15) is 17.7 Å². The van der Waals surface area contributed by atoms with Crippen LogP contribution in [0.4, 0.5) is 5.82 Å². The van der Waals surface area contributed by atoms with Crippen LogP contribution in [0.3, 0.4) is 0 Å². The Morgan fingerprint density at radius 1 is 1.34 bits per heavy atom. The summed E-state index contributed by atoms with van der Waals surface area (Å²) in [5.41, 5.74) is 0.497. The highest BCUT2D eigenvalue weighted by Crippen LogP contribution is 2.52. The van der Waals surface area contributed by atoms with Gasteiger partial charge in [-0.15, -0.1) is 0 Å². The van der Waals surface area contributed by atoms with E-state index < -0.39 is 17.4 Å². The molecule has 2 amide bonds. The van der Waals surface area contributed by atoms with Crippen LogP contribution in [0.15, 0.2) is 53.1 Å². The Kier molecular flexibility index (Phi) is 4.28. The number of ether oxygens (including phenoxy) is 1. The van der Waals surface area contributed by atoms with Crippen molar-refractivity contribution < 1.29 is 18.8 Å². The van der Waals surface area contributed by atoms with E-state index in [4.69, 9.17) is 9.26 Å². The van der Waals surface area contributed by atoms with Gasteiger partial charge < -0.3 is 14.6 Å². The third kappa shape index (κ3) is 2.97. The molecule has 3 aliphatic heterocycles. The van der Waals surface area contributed by atoms with Crippen LogP contribution in [-0.2, 0) is 20.7 Å². The fraction of sp³-hybridized carbons (Fsp3) is 0.409. The van der Waals surface area contributed by atoms with Gasteiger partial charge in [0.15, 0.2) is 5.82 Å². The van der Waals surface area contributed by atoms with Gasteiger partial charge in [0.2, 0.25) is 11.8 Å². The van der Waals surface area contributed by atoms with Crippen molar-refractivity contribution in [1.82, 2.24) is 10.5 Å². The summed E-state index contributed by atoms with van der Waals surface area (Å²) >= 11 is 0. The van der Waals surface area contributed by atoms with E-state index in [9.17, 15) is 9.59 Å². The molecule has 0 unspecified atom stereocenters. The molecular weight excluding hydrogens is 370 g/mol. The van der Waals surface area contributed by atoms with Gasteiger partial charge in [-0.3, -0.25) is 14.5 Å². The molecule has 0 saturated carbocycles. The summed E-state index contributed by atoms with van der Waals surface area (Å²) in [5, 5.41) is 6.97. The summed E-state index contributed by atoms with van der Waals surface area (Å²) in [4.78, 5) is 27.7. The molecule has 150 valence electrons. The number of fused-ring (bicyclic) bond motifs is 1. The first kappa shape index (κ1) is 18.1. The van der Waals surface area contributed by atoms with Crippen LogP contribution >= 0.6 is 0 Å². The molecule has 1 aromatic heterocycles. The minimum atomic E-state index is -0.749. The predicted octanol–water partition coefficient (Wildman–Crippen LogP) is 2.02. The highest BCUT2D eigenvalue weighted by Gasteiger charge is 2.67. The third-order valence-electron chi connectivity index (χ3n) is 6.08.